The van der Waals surface area contributed by atoms with Crippen LogP contribution in [0.1, 0.15) is 51.2 Å². The second kappa shape index (κ2) is 9.01. The van der Waals surface area contributed by atoms with E-state index >= 15 is 0 Å². The summed E-state index contributed by atoms with van der Waals surface area (Å²) in [5.41, 5.74) is 2.25. The first kappa shape index (κ1) is 20.7. The van der Waals surface area contributed by atoms with Gasteiger partial charge in [-0.15, -0.1) is 0 Å². The Balaban J connectivity index is 1.78. The minimum atomic E-state index is -0.0863. The maximum absolute atomic E-state index is 5.35. The van der Waals surface area contributed by atoms with Crippen LogP contribution in [0.2, 0.25) is 0 Å². The first-order valence-electron chi connectivity index (χ1n) is 10.3. The van der Waals surface area contributed by atoms with Crippen LogP contribution in [0, 0.1) is 0 Å². The van der Waals surface area contributed by atoms with Gasteiger partial charge in [0.25, 0.3) is 0 Å². The van der Waals surface area contributed by atoms with Gasteiger partial charge < -0.3 is 9.64 Å². The molecule has 0 saturated carbocycles. The van der Waals surface area contributed by atoms with Crippen LogP contribution < -0.4 is 4.90 Å². The van der Waals surface area contributed by atoms with Gasteiger partial charge in [0, 0.05) is 50.8 Å². The molecule has 5 heteroatoms. The zero-order chi connectivity index (χ0) is 20.1. The average Bonchev–Trinajstić information content (AvgIpc) is 2.84. The van der Waals surface area contributed by atoms with Crippen molar-refractivity contribution in [3.8, 4) is 0 Å². The van der Waals surface area contributed by atoms with Crippen molar-refractivity contribution in [2.45, 2.75) is 58.7 Å². The minimum absolute atomic E-state index is 0.0863. The van der Waals surface area contributed by atoms with Gasteiger partial charge in [-0.05, 0) is 18.9 Å². The van der Waals surface area contributed by atoms with Gasteiger partial charge in [0.1, 0.15) is 11.6 Å². The van der Waals surface area contributed by atoms with Crippen molar-refractivity contribution in [1.29, 1.82) is 0 Å². The van der Waals surface area contributed by atoms with Crippen molar-refractivity contribution in [2.24, 2.45) is 0 Å². The molecule has 5 nitrogen and oxygen atoms in total. The molecule has 1 aliphatic heterocycles. The Bertz CT molecular complexity index is 757. The molecule has 152 valence electrons. The highest BCUT2D eigenvalue weighted by Crippen LogP contribution is 2.24. The van der Waals surface area contributed by atoms with Crippen LogP contribution in [0.5, 0.6) is 0 Å². The molecule has 3 rings (SSSR count). The smallest absolute Gasteiger partial charge is 0.136 e. The van der Waals surface area contributed by atoms with Crippen LogP contribution in [-0.4, -0.2) is 47.7 Å². The summed E-state index contributed by atoms with van der Waals surface area (Å²) in [7, 11) is 1.72. The molecule has 0 radical (unpaired) electrons. The second-order valence-electron chi connectivity index (χ2n) is 8.80. The van der Waals surface area contributed by atoms with Gasteiger partial charge in [-0.1, -0.05) is 51.1 Å². The van der Waals surface area contributed by atoms with Gasteiger partial charge in [-0.3, -0.25) is 4.90 Å². The lowest BCUT2D eigenvalue weighted by molar-refractivity contribution is 0.181. The molecule has 2 aromatic rings. The summed E-state index contributed by atoms with van der Waals surface area (Å²) in [6, 6.07) is 13.4. The number of nitrogens with zero attached hydrogens (tertiary/aromatic N) is 4. The van der Waals surface area contributed by atoms with Crippen molar-refractivity contribution in [2.75, 3.05) is 31.6 Å². The summed E-state index contributed by atoms with van der Waals surface area (Å²) in [6.45, 7) is 13.4. The molecule has 2 heterocycles. The summed E-state index contributed by atoms with van der Waals surface area (Å²) in [5.74, 6) is 1.91. The standard InChI is InChI=1S/C23H34N4O/c1-18-11-12-26(13-14-27(18)16-19-9-7-6-8-10-19)21-15-20(17-28-5)24-22(25-21)23(2,3)4/h6-10,15,18H,11-14,16-17H2,1-5H3. The molecular weight excluding hydrogens is 348 g/mol. The number of ether oxygens (including phenoxy) is 1. The van der Waals surface area contributed by atoms with Crippen molar-refractivity contribution in [3.63, 3.8) is 0 Å². The first-order chi connectivity index (χ1) is 13.4. The van der Waals surface area contributed by atoms with E-state index in [1.54, 1.807) is 7.11 Å². The van der Waals surface area contributed by atoms with E-state index in [4.69, 9.17) is 14.7 Å². The summed E-state index contributed by atoms with van der Waals surface area (Å²) in [5, 5.41) is 0. The fraction of sp³-hybridized carbons (Fsp3) is 0.565. The van der Waals surface area contributed by atoms with Crippen LogP contribution in [-0.2, 0) is 23.3 Å². The van der Waals surface area contributed by atoms with E-state index in [2.05, 4.69) is 73.9 Å². The topological polar surface area (TPSA) is 41.5 Å². The zero-order valence-corrected chi connectivity index (χ0v) is 18.0. The van der Waals surface area contributed by atoms with E-state index < -0.39 is 0 Å². The van der Waals surface area contributed by atoms with Crippen molar-refractivity contribution in [3.05, 3.63) is 53.5 Å². The van der Waals surface area contributed by atoms with E-state index in [1.165, 1.54) is 5.56 Å². The Kier molecular flexibility index (Phi) is 6.68. The van der Waals surface area contributed by atoms with Crippen LogP contribution in [0.25, 0.3) is 0 Å². The summed E-state index contributed by atoms with van der Waals surface area (Å²) < 4.78 is 5.35. The van der Waals surface area contributed by atoms with Crippen LogP contribution >= 0.6 is 0 Å². The Morgan fingerprint density at radius 1 is 1.07 bits per heavy atom. The number of aromatic nitrogens is 2. The quantitative estimate of drug-likeness (QED) is 0.781. The van der Waals surface area contributed by atoms with E-state index in [-0.39, 0.29) is 5.41 Å². The molecule has 28 heavy (non-hydrogen) atoms. The summed E-state index contributed by atoms with van der Waals surface area (Å²) in [4.78, 5) is 14.6. The third-order valence-electron chi connectivity index (χ3n) is 5.38. The maximum atomic E-state index is 5.35. The van der Waals surface area contributed by atoms with Gasteiger partial charge in [0.05, 0.1) is 12.3 Å². The lowest BCUT2D eigenvalue weighted by Gasteiger charge is -2.27. The highest BCUT2D eigenvalue weighted by atomic mass is 16.5. The fourth-order valence-electron chi connectivity index (χ4n) is 3.59. The third-order valence-corrected chi connectivity index (χ3v) is 5.38. The molecule has 0 bridgehead atoms. The first-order valence-corrected chi connectivity index (χ1v) is 10.3. The Morgan fingerprint density at radius 2 is 1.82 bits per heavy atom. The molecule has 1 saturated heterocycles. The number of rotatable bonds is 5. The summed E-state index contributed by atoms with van der Waals surface area (Å²) in [6.07, 6.45) is 1.13. The highest BCUT2D eigenvalue weighted by Gasteiger charge is 2.24. The molecule has 0 amide bonds. The van der Waals surface area contributed by atoms with Crippen molar-refractivity contribution < 1.29 is 4.74 Å². The molecule has 1 unspecified atom stereocenters. The fourth-order valence-corrected chi connectivity index (χ4v) is 3.59. The Morgan fingerprint density at radius 3 is 2.50 bits per heavy atom. The van der Waals surface area contributed by atoms with E-state index in [0.717, 1.165) is 49.9 Å². The predicted molar refractivity (Wildman–Crippen MR) is 115 cm³/mol. The Labute approximate surface area is 169 Å². The number of benzene rings is 1. The van der Waals surface area contributed by atoms with Crippen LogP contribution in [0.15, 0.2) is 36.4 Å². The molecule has 1 atom stereocenters. The average molecular weight is 383 g/mol. The predicted octanol–water partition coefficient (Wildman–Crippen LogP) is 4.02. The highest BCUT2D eigenvalue weighted by molar-refractivity contribution is 5.41. The monoisotopic (exact) mass is 382 g/mol. The van der Waals surface area contributed by atoms with Gasteiger partial charge in [-0.25, -0.2) is 9.97 Å². The lowest BCUT2D eigenvalue weighted by Crippen LogP contribution is -2.34. The van der Waals surface area contributed by atoms with Gasteiger partial charge in [-0.2, -0.15) is 0 Å². The van der Waals surface area contributed by atoms with Crippen molar-refractivity contribution >= 4 is 5.82 Å². The molecule has 1 fully saturated rings. The maximum Gasteiger partial charge on any atom is 0.136 e. The normalized spacial score (nSPS) is 18.9. The molecular formula is C23H34N4O. The summed E-state index contributed by atoms with van der Waals surface area (Å²) >= 11 is 0. The largest absolute Gasteiger partial charge is 0.378 e. The Hall–Kier alpha value is -1.98. The number of methoxy groups -OCH3 is 1. The van der Waals surface area contributed by atoms with Gasteiger partial charge in [0.2, 0.25) is 0 Å². The lowest BCUT2D eigenvalue weighted by atomic mass is 9.95. The van der Waals surface area contributed by atoms with E-state index in [0.29, 0.717) is 12.6 Å². The number of anilines is 1. The molecule has 1 aliphatic rings. The molecule has 0 aliphatic carbocycles. The number of hydrogen-bond donors (Lipinski definition) is 0. The van der Waals surface area contributed by atoms with E-state index in [1.807, 2.05) is 0 Å². The van der Waals surface area contributed by atoms with Crippen LogP contribution in [0.4, 0.5) is 5.82 Å². The van der Waals surface area contributed by atoms with E-state index in [9.17, 15) is 0 Å². The SMILES string of the molecule is COCc1cc(N2CCC(C)N(Cc3ccccc3)CC2)nc(C(C)(C)C)n1. The van der Waals surface area contributed by atoms with Crippen LogP contribution in [0.3, 0.4) is 0 Å². The van der Waals surface area contributed by atoms with Gasteiger partial charge >= 0.3 is 0 Å². The molecule has 1 aromatic carbocycles. The zero-order valence-electron chi connectivity index (χ0n) is 18.0. The molecule has 0 spiro atoms. The molecule has 0 N–H and O–H groups in total. The van der Waals surface area contributed by atoms with Gasteiger partial charge in [0.15, 0.2) is 0 Å². The third kappa shape index (κ3) is 5.30. The number of hydrogen-bond acceptors (Lipinski definition) is 5. The van der Waals surface area contributed by atoms with Crippen molar-refractivity contribution in [1.82, 2.24) is 14.9 Å². The molecule has 1 aromatic heterocycles. The second-order valence-corrected chi connectivity index (χ2v) is 8.80. The minimum Gasteiger partial charge on any atom is -0.378 e.